The van der Waals surface area contributed by atoms with E-state index in [2.05, 4.69) is 27.4 Å². The topological polar surface area (TPSA) is 59.4 Å². The van der Waals surface area contributed by atoms with E-state index in [1.807, 2.05) is 12.1 Å². The number of aromatic nitrogens is 2. The maximum Gasteiger partial charge on any atom is 0.272 e. The third-order valence-corrected chi connectivity index (χ3v) is 5.38. The van der Waals surface area contributed by atoms with Crippen LogP contribution in [0.5, 0.6) is 5.75 Å². The number of carbonyl (C=O) groups excluding carboxylic acids is 1. The highest BCUT2D eigenvalue weighted by Gasteiger charge is 2.22. The van der Waals surface area contributed by atoms with E-state index in [0.717, 1.165) is 38.2 Å². The minimum atomic E-state index is -0.379. The fourth-order valence-corrected chi connectivity index (χ4v) is 3.74. The van der Waals surface area contributed by atoms with Crippen molar-refractivity contribution in [2.24, 2.45) is 0 Å². The second-order valence-electron chi connectivity index (χ2n) is 7.47. The maximum absolute atomic E-state index is 13.9. The monoisotopic (exact) mass is 408 g/mol. The van der Waals surface area contributed by atoms with Gasteiger partial charge < -0.3 is 10.1 Å². The summed E-state index contributed by atoms with van der Waals surface area (Å²) < 4.78 is 20.6. The molecule has 0 spiro atoms. The van der Waals surface area contributed by atoms with E-state index < -0.39 is 0 Å². The van der Waals surface area contributed by atoms with Crippen LogP contribution in [0.25, 0.3) is 5.69 Å². The van der Waals surface area contributed by atoms with E-state index in [0.29, 0.717) is 5.69 Å². The van der Waals surface area contributed by atoms with Crippen molar-refractivity contribution in [1.29, 1.82) is 0 Å². The largest absolute Gasteiger partial charge is 0.497 e. The van der Waals surface area contributed by atoms with Gasteiger partial charge in [-0.05, 0) is 48.7 Å². The summed E-state index contributed by atoms with van der Waals surface area (Å²) in [4.78, 5) is 15.0. The summed E-state index contributed by atoms with van der Waals surface area (Å²) in [6, 6.07) is 16.2. The summed E-state index contributed by atoms with van der Waals surface area (Å²) in [6.07, 6.45) is 3.36. The highest BCUT2D eigenvalue weighted by atomic mass is 19.1. The number of nitrogens with one attached hydrogen (secondary N) is 1. The summed E-state index contributed by atoms with van der Waals surface area (Å²) in [7, 11) is 1.67. The van der Waals surface area contributed by atoms with E-state index in [-0.39, 0.29) is 23.5 Å². The van der Waals surface area contributed by atoms with Gasteiger partial charge in [0.2, 0.25) is 0 Å². The molecule has 0 atom stereocenters. The summed E-state index contributed by atoms with van der Waals surface area (Å²) in [5.41, 5.74) is 1.83. The maximum atomic E-state index is 13.9. The van der Waals surface area contributed by atoms with E-state index in [1.54, 1.807) is 37.6 Å². The molecule has 2 aromatic carbocycles. The fourth-order valence-electron chi connectivity index (χ4n) is 3.74. The Morgan fingerprint density at radius 2 is 1.97 bits per heavy atom. The molecule has 1 amide bonds. The van der Waals surface area contributed by atoms with Gasteiger partial charge in [-0.25, -0.2) is 9.07 Å². The first-order valence-corrected chi connectivity index (χ1v) is 10.1. The molecule has 0 unspecified atom stereocenters. The summed E-state index contributed by atoms with van der Waals surface area (Å²) >= 11 is 0. The van der Waals surface area contributed by atoms with E-state index in [1.165, 1.54) is 16.3 Å². The molecule has 1 saturated heterocycles. The minimum Gasteiger partial charge on any atom is -0.497 e. The van der Waals surface area contributed by atoms with Gasteiger partial charge in [-0.3, -0.25) is 9.69 Å². The zero-order chi connectivity index (χ0) is 20.9. The van der Waals surface area contributed by atoms with Gasteiger partial charge in [0, 0.05) is 31.9 Å². The molecule has 0 aliphatic carbocycles. The molecule has 1 N–H and O–H groups in total. The zero-order valence-electron chi connectivity index (χ0n) is 16.9. The second kappa shape index (κ2) is 9.09. The number of rotatable bonds is 6. The van der Waals surface area contributed by atoms with E-state index >= 15 is 0 Å². The molecular formula is C23H25FN4O2. The van der Waals surface area contributed by atoms with Crippen LogP contribution in [0.2, 0.25) is 0 Å². The molecule has 2 heterocycles. The van der Waals surface area contributed by atoms with Crippen molar-refractivity contribution in [3.05, 3.63) is 77.9 Å². The van der Waals surface area contributed by atoms with Crippen LogP contribution in [-0.4, -0.2) is 46.8 Å². The smallest absolute Gasteiger partial charge is 0.272 e. The molecule has 1 fully saturated rings. The molecule has 4 rings (SSSR count). The second-order valence-corrected chi connectivity index (χ2v) is 7.47. The van der Waals surface area contributed by atoms with Gasteiger partial charge in [-0.2, -0.15) is 5.10 Å². The molecule has 1 aromatic heterocycles. The molecule has 1 aliphatic rings. The molecule has 7 heteroatoms. The molecule has 156 valence electrons. The van der Waals surface area contributed by atoms with Gasteiger partial charge in [0.25, 0.3) is 5.91 Å². The average Bonchev–Trinajstić information content (AvgIpc) is 3.26. The van der Waals surface area contributed by atoms with Gasteiger partial charge in [0.05, 0.1) is 7.11 Å². The molecule has 6 nitrogen and oxygen atoms in total. The first kappa shape index (κ1) is 20.1. The van der Waals surface area contributed by atoms with Gasteiger partial charge in [-0.1, -0.05) is 24.3 Å². The molecule has 0 saturated carbocycles. The highest BCUT2D eigenvalue weighted by molar-refractivity contribution is 5.92. The number of likely N-dealkylation sites (tertiary alicyclic amines) is 1. The predicted octanol–water partition coefficient (Wildman–Crippen LogP) is 3.41. The number of hydrogen-bond acceptors (Lipinski definition) is 4. The van der Waals surface area contributed by atoms with Crippen molar-refractivity contribution >= 4 is 5.91 Å². The minimum absolute atomic E-state index is 0.109. The first-order valence-electron chi connectivity index (χ1n) is 10.1. The Labute approximate surface area is 175 Å². The Kier molecular flexibility index (Phi) is 6.09. The highest BCUT2D eigenvalue weighted by Crippen LogP contribution is 2.18. The van der Waals surface area contributed by atoms with Crippen LogP contribution < -0.4 is 10.1 Å². The first-order chi connectivity index (χ1) is 14.6. The number of amides is 1. The Morgan fingerprint density at radius 1 is 1.17 bits per heavy atom. The molecule has 0 bridgehead atoms. The van der Waals surface area contributed by atoms with Crippen molar-refractivity contribution in [2.75, 3.05) is 20.2 Å². The SMILES string of the molecule is COc1cccc(CN2CCC(NC(=O)c3ccn(-c4ccccc4F)n3)CC2)c1. The Bertz CT molecular complexity index is 1010. The van der Waals surface area contributed by atoms with E-state index in [4.69, 9.17) is 4.74 Å². The van der Waals surface area contributed by atoms with Crippen molar-refractivity contribution in [3.63, 3.8) is 0 Å². The number of benzene rings is 2. The van der Waals surface area contributed by atoms with Crippen LogP contribution in [0.3, 0.4) is 0 Å². The number of piperidine rings is 1. The Morgan fingerprint density at radius 3 is 2.73 bits per heavy atom. The number of halogens is 1. The summed E-state index contributed by atoms with van der Waals surface area (Å²) in [5.74, 6) is 0.261. The lowest BCUT2D eigenvalue weighted by Crippen LogP contribution is -2.44. The van der Waals surface area contributed by atoms with Crippen molar-refractivity contribution in [3.8, 4) is 11.4 Å². The molecule has 30 heavy (non-hydrogen) atoms. The van der Waals surface area contributed by atoms with Gasteiger partial charge in [0.15, 0.2) is 5.69 Å². The number of nitrogens with zero attached hydrogens (tertiary/aromatic N) is 3. The van der Waals surface area contributed by atoms with Crippen LogP contribution in [0.4, 0.5) is 4.39 Å². The fraction of sp³-hybridized carbons (Fsp3) is 0.304. The number of carbonyl (C=O) groups is 1. The van der Waals surface area contributed by atoms with Crippen LogP contribution in [0.15, 0.2) is 60.8 Å². The average molecular weight is 408 g/mol. The summed E-state index contributed by atoms with van der Waals surface area (Å²) in [6.45, 7) is 2.68. The molecule has 1 aliphatic heterocycles. The number of ether oxygens (including phenoxy) is 1. The third kappa shape index (κ3) is 4.68. The molecule has 0 radical (unpaired) electrons. The summed E-state index contributed by atoms with van der Waals surface area (Å²) in [5, 5.41) is 7.30. The number of para-hydroxylation sites is 1. The van der Waals surface area contributed by atoms with Crippen LogP contribution in [0, 0.1) is 5.82 Å². The normalized spacial score (nSPS) is 15.1. The van der Waals surface area contributed by atoms with Crippen LogP contribution in [-0.2, 0) is 6.54 Å². The van der Waals surface area contributed by atoms with Crippen LogP contribution in [0.1, 0.15) is 28.9 Å². The Balaban J connectivity index is 1.30. The molecular weight excluding hydrogens is 383 g/mol. The van der Waals surface area contributed by atoms with Crippen molar-refractivity contribution in [2.45, 2.75) is 25.4 Å². The third-order valence-electron chi connectivity index (χ3n) is 5.38. The molecule has 3 aromatic rings. The van der Waals surface area contributed by atoms with Crippen molar-refractivity contribution < 1.29 is 13.9 Å². The van der Waals surface area contributed by atoms with Gasteiger partial charge >= 0.3 is 0 Å². The Hall–Kier alpha value is -3.19. The quantitative estimate of drug-likeness (QED) is 0.679. The number of hydrogen-bond donors (Lipinski definition) is 1. The zero-order valence-corrected chi connectivity index (χ0v) is 16.9. The standard InChI is InChI=1S/C23H25FN4O2/c1-30-19-6-4-5-17(15-19)16-27-12-9-18(10-13-27)25-23(29)21-11-14-28(26-21)22-8-3-2-7-20(22)24/h2-8,11,14-15,18H,9-10,12-13,16H2,1H3,(H,25,29). The van der Waals surface area contributed by atoms with Crippen molar-refractivity contribution in [1.82, 2.24) is 20.0 Å². The lowest BCUT2D eigenvalue weighted by Gasteiger charge is -2.32. The van der Waals surface area contributed by atoms with Gasteiger partial charge in [-0.15, -0.1) is 0 Å². The predicted molar refractivity (Wildman–Crippen MR) is 112 cm³/mol. The number of methoxy groups -OCH3 is 1. The van der Waals surface area contributed by atoms with Gasteiger partial charge in [0.1, 0.15) is 17.3 Å². The lowest BCUT2D eigenvalue weighted by molar-refractivity contribution is 0.0903. The van der Waals surface area contributed by atoms with E-state index in [9.17, 15) is 9.18 Å². The van der Waals surface area contributed by atoms with Crippen LogP contribution >= 0.6 is 0 Å². The lowest BCUT2D eigenvalue weighted by atomic mass is 10.0.